The molecular weight excluding hydrogens is 198 g/mol. The van der Waals surface area contributed by atoms with Gasteiger partial charge in [-0.15, -0.1) is 11.8 Å². The molecule has 0 amide bonds. The van der Waals surface area contributed by atoms with Crippen molar-refractivity contribution in [3.05, 3.63) is 45.5 Å². The first-order valence-electron chi connectivity index (χ1n) is 4.50. The second kappa shape index (κ2) is 3.61. The molecule has 0 unspecified atom stereocenters. The van der Waals surface area contributed by atoms with E-state index in [2.05, 4.69) is 0 Å². The molecular formula is C10H11NO2S. The fourth-order valence-corrected chi connectivity index (χ4v) is 2.65. The summed E-state index contributed by atoms with van der Waals surface area (Å²) in [6.07, 6.45) is 0. The molecule has 2 atom stereocenters. The van der Waals surface area contributed by atoms with Crippen LogP contribution in [0, 0.1) is 17.0 Å². The Balaban J connectivity index is 2.16. The highest BCUT2D eigenvalue weighted by molar-refractivity contribution is 8.01. The summed E-state index contributed by atoms with van der Waals surface area (Å²) in [5.74, 6) is 0.644. The maximum Gasteiger partial charge on any atom is 0.237 e. The van der Waals surface area contributed by atoms with Gasteiger partial charge in [0.05, 0.1) is 11.0 Å². The summed E-state index contributed by atoms with van der Waals surface area (Å²) in [5.41, 5.74) is 2.27. The first kappa shape index (κ1) is 9.52. The van der Waals surface area contributed by atoms with E-state index in [1.54, 1.807) is 11.8 Å². The number of nitro groups is 1. The van der Waals surface area contributed by atoms with Crippen LogP contribution in [0.1, 0.15) is 16.4 Å². The molecule has 1 heterocycles. The number of hydrogen-bond donors (Lipinski definition) is 0. The summed E-state index contributed by atoms with van der Waals surface area (Å²) in [6.45, 7) is 2.02. The lowest BCUT2D eigenvalue weighted by Gasteiger charge is -2.29. The van der Waals surface area contributed by atoms with Crippen molar-refractivity contribution in [2.24, 2.45) is 0 Å². The molecule has 1 saturated heterocycles. The minimum absolute atomic E-state index is 0.0607. The Morgan fingerprint density at radius 1 is 1.43 bits per heavy atom. The summed E-state index contributed by atoms with van der Waals surface area (Å²) >= 11 is 1.66. The van der Waals surface area contributed by atoms with Gasteiger partial charge < -0.3 is 0 Å². The first-order chi connectivity index (χ1) is 6.68. The molecule has 4 heteroatoms. The van der Waals surface area contributed by atoms with Crippen LogP contribution in [0.15, 0.2) is 24.3 Å². The predicted molar refractivity (Wildman–Crippen MR) is 57.2 cm³/mol. The van der Waals surface area contributed by atoms with Gasteiger partial charge in [0, 0.05) is 4.92 Å². The molecule has 1 aromatic carbocycles. The molecule has 1 aliphatic rings. The summed E-state index contributed by atoms with van der Waals surface area (Å²) in [7, 11) is 0. The van der Waals surface area contributed by atoms with Crippen molar-refractivity contribution in [2.75, 3.05) is 5.75 Å². The van der Waals surface area contributed by atoms with Crippen molar-refractivity contribution < 1.29 is 4.92 Å². The molecule has 0 aromatic heterocycles. The number of thioether (sulfide) groups is 1. The number of hydrogen-bond acceptors (Lipinski definition) is 3. The SMILES string of the molecule is Cc1ccc([C@@H]2SC[C@H]2[N+](=O)[O-])cc1. The summed E-state index contributed by atoms with van der Waals surface area (Å²) < 4.78 is 0. The smallest absolute Gasteiger partial charge is 0.237 e. The third kappa shape index (κ3) is 1.62. The summed E-state index contributed by atoms with van der Waals surface area (Å²) in [4.78, 5) is 10.5. The average Bonchev–Trinajstić information content (AvgIpc) is 2.05. The van der Waals surface area contributed by atoms with E-state index in [1.807, 2.05) is 31.2 Å². The molecule has 1 fully saturated rings. The first-order valence-corrected chi connectivity index (χ1v) is 5.55. The number of aryl methyl sites for hydroxylation is 1. The van der Waals surface area contributed by atoms with Crippen LogP contribution in [0.2, 0.25) is 0 Å². The van der Waals surface area contributed by atoms with Crippen LogP contribution in [0.4, 0.5) is 0 Å². The minimum atomic E-state index is -0.386. The third-order valence-corrected chi connectivity index (χ3v) is 3.95. The second-order valence-electron chi connectivity index (χ2n) is 3.52. The lowest BCUT2D eigenvalue weighted by Crippen LogP contribution is -2.36. The van der Waals surface area contributed by atoms with Crippen LogP contribution in [0.3, 0.4) is 0 Å². The molecule has 0 radical (unpaired) electrons. The normalized spacial score (nSPS) is 25.5. The zero-order valence-corrected chi connectivity index (χ0v) is 8.66. The molecule has 3 nitrogen and oxygen atoms in total. The second-order valence-corrected chi connectivity index (χ2v) is 4.69. The van der Waals surface area contributed by atoms with Gasteiger partial charge in [0.15, 0.2) is 0 Å². The van der Waals surface area contributed by atoms with Crippen LogP contribution >= 0.6 is 11.8 Å². The van der Waals surface area contributed by atoms with Crippen LogP contribution in [0.25, 0.3) is 0 Å². The molecule has 0 N–H and O–H groups in total. The molecule has 74 valence electrons. The van der Waals surface area contributed by atoms with Crippen LogP contribution < -0.4 is 0 Å². The summed E-state index contributed by atoms with van der Waals surface area (Å²) in [5, 5.41) is 10.7. The molecule has 0 saturated carbocycles. The van der Waals surface area contributed by atoms with Gasteiger partial charge in [0.25, 0.3) is 0 Å². The average molecular weight is 209 g/mol. The van der Waals surface area contributed by atoms with Gasteiger partial charge in [-0.05, 0) is 12.5 Å². The van der Waals surface area contributed by atoms with Crippen molar-refractivity contribution in [1.29, 1.82) is 0 Å². The van der Waals surface area contributed by atoms with Gasteiger partial charge in [0.1, 0.15) is 0 Å². The number of rotatable bonds is 2. The lowest BCUT2D eigenvalue weighted by molar-refractivity contribution is -0.520. The number of nitrogens with zero attached hydrogens (tertiary/aromatic N) is 1. The Kier molecular flexibility index (Phi) is 2.46. The minimum Gasteiger partial charge on any atom is -0.264 e. The fourth-order valence-electron chi connectivity index (χ4n) is 1.52. The topological polar surface area (TPSA) is 43.1 Å². The van der Waals surface area contributed by atoms with Gasteiger partial charge in [-0.2, -0.15) is 0 Å². The van der Waals surface area contributed by atoms with E-state index in [-0.39, 0.29) is 16.2 Å². The zero-order valence-electron chi connectivity index (χ0n) is 7.84. The Labute approximate surface area is 86.7 Å². The van der Waals surface area contributed by atoms with E-state index < -0.39 is 0 Å². The maximum atomic E-state index is 10.6. The lowest BCUT2D eigenvalue weighted by atomic mass is 10.0. The van der Waals surface area contributed by atoms with E-state index in [9.17, 15) is 10.1 Å². The number of benzene rings is 1. The molecule has 0 bridgehead atoms. The van der Waals surface area contributed by atoms with E-state index in [1.165, 1.54) is 5.56 Å². The maximum absolute atomic E-state index is 10.6. The quantitative estimate of drug-likeness (QED) is 0.555. The molecule has 1 aliphatic heterocycles. The molecule has 0 aliphatic carbocycles. The van der Waals surface area contributed by atoms with Crippen molar-refractivity contribution in [3.8, 4) is 0 Å². The monoisotopic (exact) mass is 209 g/mol. The highest BCUT2D eigenvalue weighted by Crippen LogP contribution is 2.43. The van der Waals surface area contributed by atoms with Crippen LogP contribution in [-0.2, 0) is 0 Å². The Bertz CT molecular complexity index is 350. The van der Waals surface area contributed by atoms with E-state index >= 15 is 0 Å². The van der Waals surface area contributed by atoms with Crippen molar-refractivity contribution in [3.63, 3.8) is 0 Å². The largest absolute Gasteiger partial charge is 0.264 e. The predicted octanol–water partition coefficient (Wildman–Crippen LogP) is 2.43. The zero-order chi connectivity index (χ0) is 10.1. The third-order valence-electron chi connectivity index (χ3n) is 2.47. The van der Waals surface area contributed by atoms with E-state index in [0.717, 1.165) is 5.56 Å². The van der Waals surface area contributed by atoms with Gasteiger partial charge in [-0.1, -0.05) is 29.8 Å². The van der Waals surface area contributed by atoms with E-state index in [0.29, 0.717) is 5.75 Å². The molecule has 1 aromatic rings. The fraction of sp³-hybridized carbons (Fsp3) is 0.400. The Morgan fingerprint density at radius 3 is 2.50 bits per heavy atom. The van der Waals surface area contributed by atoms with Gasteiger partial charge in [-0.3, -0.25) is 10.1 Å². The highest BCUT2D eigenvalue weighted by Gasteiger charge is 2.42. The standard InChI is InChI=1S/C10H11NO2S/c1-7-2-4-8(5-3-7)10-9(6-14-10)11(12)13/h2-5,9-10H,6H2,1H3/t9-,10+/m1/s1. The summed E-state index contributed by atoms with van der Waals surface area (Å²) in [6, 6.07) is 7.60. The molecule has 14 heavy (non-hydrogen) atoms. The van der Waals surface area contributed by atoms with Crippen molar-refractivity contribution in [2.45, 2.75) is 18.2 Å². The molecule has 2 rings (SSSR count). The van der Waals surface area contributed by atoms with E-state index in [4.69, 9.17) is 0 Å². The van der Waals surface area contributed by atoms with Gasteiger partial charge in [0.2, 0.25) is 6.04 Å². The van der Waals surface area contributed by atoms with Gasteiger partial charge in [-0.25, -0.2) is 0 Å². The van der Waals surface area contributed by atoms with Crippen LogP contribution in [0.5, 0.6) is 0 Å². The highest BCUT2D eigenvalue weighted by atomic mass is 32.2. The Hall–Kier alpha value is -1.03. The Morgan fingerprint density at radius 2 is 2.07 bits per heavy atom. The van der Waals surface area contributed by atoms with Crippen molar-refractivity contribution in [1.82, 2.24) is 0 Å². The van der Waals surface area contributed by atoms with Crippen molar-refractivity contribution >= 4 is 11.8 Å². The van der Waals surface area contributed by atoms with Crippen LogP contribution in [-0.4, -0.2) is 16.7 Å². The van der Waals surface area contributed by atoms with Gasteiger partial charge >= 0.3 is 0 Å². The molecule has 0 spiro atoms.